The number of ether oxygens (including phenoxy) is 9. The smallest absolute Gasteiger partial charge is 0.255 e. The minimum atomic E-state index is -0.419. The molecule has 298 valence electrons. The molecule has 2 aliphatic heterocycles. The third-order valence-electron chi connectivity index (χ3n) is 9.63. The summed E-state index contributed by atoms with van der Waals surface area (Å²) in [6.07, 6.45) is 3.33. The van der Waals surface area contributed by atoms with Crippen LogP contribution >= 0.6 is 0 Å². The van der Waals surface area contributed by atoms with Crippen LogP contribution in [0.1, 0.15) is 71.4 Å². The van der Waals surface area contributed by atoms with Gasteiger partial charge in [-0.05, 0) is 85.8 Å². The van der Waals surface area contributed by atoms with Crippen molar-refractivity contribution >= 4 is 17.3 Å². The van der Waals surface area contributed by atoms with E-state index in [0.29, 0.717) is 76.9 Å². The maximum Gasteiger partial charge on any atom is 0.255 e. The molecule has 0 aromatic heterocycles. The molecule has 0 fully saturated rings. The van der Waals surface area contributed by atoms with Crippen LogP contribution in [0.2, 0.25) is 0 Å². The Labute approximate surface area is 326 Å². The van der Waals surface area contributed by atoms with E-state index in [9.17, 15) is 4.79 Å². The van der Waals surface area contributed by atoms with Crippen molar-refractivity contribution < 1.29 is 52.3 Å². The van der Waals surface area contributed by atoms with Crippen LogP contribution in [0.15, 0.2) is 65.8 Å². The van der Waals surface area contributed by atoms with E-state index < -0.39 is 6.17 Å². The molecule has 2 atom stereocenters. The van der Waals surface area contributed by atoms with Crippen molar-refractivity contribution in [3.8, 4) is 51.7 Å². The number of rotatable bonds is 19. The van der Waals surface area contributed by atoms with Crippen LogP contribution in [0.5, 0.6) is 51.7 Å². The van der Waals surface area contributed by atoms with E-state index in [2.05, 4.69) is 15.8 Å². The maximum atomic E-state index is 12.8. The lowest BCUT2D eigenvalue weighted by molar-refractivity contribution is 0.0853. The van der Waals surface area contributed by atoms with Gasteiger partial charge in [0.15, 0.2) is 40.6 Å². The summed E-state index contributed by atoms with van der Waals surface area (Å²) < 4.78 is 51.1. The molecule has 6 rings (SSSR count). The van der Waals surface area contributed by atoms with E-state index in [-0.39, 0.29) is 12.0 Å². The van der Waals surface area contributed by atoms with Gasteiger partial charge < -0.3 is 58.1 Å². The first-order valence-electron chi connectivity index (χ1n) is 18.3. The molecule has 4 aromatic rings. The molecule has 0 saturated carbocycles. The van der Waals surface area contributed by atoms with E-state index >= 15 is 0 Å². The molecular formula is C42H49N3O11. The quantitative estimate of drug-likeness (QED) is 0.0912. The van der Waals surface area contributed by atoms with Gasteiger partial charge in [0.25, 0.3) is 5.91 Å². The molecule has 2 unspecified atom stereocenters. The number of hydrogen-bond acceptors (Lipinski definition) is 13. The fourth-order valence-electron chi connectivity index (χ4n) is 6.63. The molecule has 2 heterocycles. The number of anilines is 1. The Bertz CT molecular complexity index is 1990. The lowest BCUT2D eigenvalue weighted by Crippen LogP contribution is -2.38. The largest absolute Gasteiger partial charge is 0.497 e. The van der Waals surface area contributed by atoms with Crippen molar-refractivity contribution in [2.75, 3.05) is 68.3 Å². The van der Waals surface area contributed by atoms with Crippen LogP contribution in [0.25, 0.3) is 0 Å². The number of unbranched alkanes of at least 4 members (excludes halogenated alkanes) is 3. The van der Waals surface area contributed by atoms with E-state index in [4.69, 9.17) is 47.5 Å². The highest BCUT2D eigenvalue weighted by Gasteiger charge is 2.29. The highest BCUT2D eigenvalue weighted by Crippen LogP contribution is 2.44. The van der Waals surface area contributed by atoms with Crippen LogP contribution < -0.4 is 53.3 Å². The second-order valence-corrected chi connectivity index (χ2v) is 13.0. The number of nitrogens with one attached hydrogen (secondary N) is 2. The van der Waals surface area contributed by atoms with Gasteiger partial charge in [-0.3, -0.25) is 4.79 Å². The molecule has 2 N–H and O–H groups in total. The fourth-order valence-corrected chi connectivity index (χ4v) is 6.63. The zero-order chi connectivity index (χ0) is 39.6. The summed E-state index contributed by atoms with van der Waals surface area (Å²) in [6, 6.07) is 18.5. The van der Waals surface area contributed by atoms with Gasteiger partial charge in [0.2, 0.25) is 11.5 Å². The van der Waals surface area contributed by atoms with E-state index in [1.807, 2.05) is 54.6 Å². The monoisotopic (exact) mass is 771 g/mol. The zero-order valence-electron chi connectivity index (χ0n) is 32.8. The molecule has 1 amide bonds. The van der Waals surface area contributed by atoms with Crippen LogP contribution in [0.4, 0.5) is 5.69 Å². The number of nitrogens with zero attached hydrogens (tertiary/aromatic N) is 1. The van der Waals surface area contributed by atoms with E-state index in [0.717, 1.165) is 53.8 Å². The highest BCUT2D eigenvalue weighted by atomic mass is 16.6. The number of benzene rings is 4. The standard InChI is InChI=1S/C42H49N3O11/c1-47-28-13-14-30-29(23-28)42(46)44-41(43-30)25-12-15-32(34(18-25)48-2)54-16-10-8-9-11-17-55-40-37(51-5)19-26(20-38(40)52-6)31-24-33(56-45-31)27-21-35(49-3)39(53-7)36(22-27)50-4/h12-15,18-23,33,41,43H,8-11,16-17,24H2,1-7H3,(H,44,46). The van der Waals surface area contributed by atoms with Gasteiger partial charge in [0.05, 0.1) is 74.3 Å². The van der Waals surface area contributed by atoms with Gasteiger partial charge in [-0.1, -0.05) is 11.2 Å². The minimum Gasteiger partial charge on any atom is -0.497 e. The Balaban J connectivity index is 0.966. The van der Waals surface area contributed by atoms with Crippen molar-refractivity contribution in [2.45, 2.75) is 44.4 Å². The Morgan fingerprint density at radius 2 is 1.23 bits per heavy atom. The number of methoxy groups -OCH3 is 7. The van der Waals surface area contributed by atoms with Gasteiger partial charge in [0, 0.05) is 23.2 Å². The minimum absolute atomic E-state index is 0.182. The summed E-state index contributed by atoms with van der Waals surface area (Å²) in [7, 11) is 11.1. The number of carbonyl (C=O) groups excluding carboxylic acids is 1. The van der Waals surface area contributed by atoms with Crippen molar-refractivity contribution in [1.82, 2.24) is 5.32 Å². The molecule has 14 heteroatoms. The average Bonchev–Trinajstić information content (AvgIpc) is 3.74. The van der Waals surface area contributed by atoms with E-state index in [1.54, 1.807) is 55.8 Å². The molecule has 0 saturated heterocycles. The predicted octanol–water partition coefficient (Wildman–Crippen LogP) is 7.48. The Morgan fingerprint density at radius 1 is 0.607 bits per heavy atom. The molecule has 2 aliphatic rings. The number of hydrogen-bond donors (Lipinski definition) is 2. The molecule has 0 aliphatic carbocycles. The lowest BCUT2D eigenvalue weighted by Gasteiger charge is -2.28. The van der Waals surface area contributed by atoms with Gasteiger partial charge in [0.1, 0.15) is 11.9 Å². The van der Waals surface area contributed by atoms with Gasteiger partial charge in [-0.25, -0.2) is 0 Å². The Kier molecular flexibility index (Phi) is 13.0. The molecule has 14 nitrogen and oxygen atoms in total. The summed E-state index contributed by atoms with van der Waals surface area (Å²) in [5.41, 5.74) is 4.49. The molecule has 0 radical (unpaired) electrons. The first-order valence-corrected chi connectivity index (χ1v) is 18.3. The predicted molar refractivity (Wildman–Crippen MR) is 210 cm³/mol. The third kappa shape index (κ3) is 8.69. The van der Waals surface area contributed by atoms with Crippen molar-refractivity contribution in [3.63, 3.8) is 0 Å². The maximum absolute atomic E-state index is 12.8. The van der Waals surface area contributed by atoms with Crippen LogP contribution in [0, 0.1) is 0 Å². The van der Waals surface area contributed by atoms with Gasteiger partial charge in [-0.2, -0.15) is 0 Å². The second kappa shape index (κ2) is 18.4. The topological polar surface area (TPSA) is 146 Å². The van der Waals surface area contributed by atoms with Crippen LogP contribution in [0.3, 0.4) is 0 Å². The molecule has 4 aromatic carbocycles. The summed E-state index contributed by atoms with van der Waals surface area (Å²) in [5.74, 6) is 4.88. The van der Waals surface area contributed by atoms with Crippen molar-refractivity contribution in [2.24, 2.45) is 5.16 Å². The Morgan fingerprint density at radius 3 is 1.86 bits per heavy atom. The highest BCUT2D eigenvalue weighted by molar-refractivity contribution is 6.03. The number of fused-ring (bicyclic) bond motifs is 1. The first-order chi connectivity index (χ1) is 27.3. The summed E-state index contributed by atoms with van der Waals surface area (Å²) >= 11 is 0. The van der Waals surface area contributed by atoms with Crippen molar-refractivity contribution in [3.05, 3.63) is 82.9 Å². The SMILES string of the molecule is COc1ccc2c(c1)C(=O)NC(c1ccc(OCCCCCCOc3c(OC)cc(C4=NOC(c5cc(OC)c(OC)c(OC)c5)C4)cc3OC)c(OC)c1)N2. The van der Waals surface area contributed by atoms with E-state index in [1.165, 1.54) is 0 Å². The third-order valence-corrected chi connectivity index (χ3v) is 9.63. The molecule has 56 heavy (non-hydrogen) atoms. The summed E-state index contributed by atoms with van der Waals surface area (Å²) in [6.45, 7) is 1.01. The first kappa shape index (κ1) is 39.5. The Hall–Kier alpha value is -6.18. The number of carbonyl (C=O) groups is 1. The molecular weight excluding hydrogens is 722 g/mol. The number of oxime groups is 1. The summed E-state index contributed by atoms with van der Waals surface area (Å²) in [5, 5.41) is 10.8. The zero-order valence-corrected chi connectivity index (χ0v) is 32.8. The second-order valence-electron chi connectivity index (χ2n) is 13.0. The molecule has 0 spiro atoms. The average molecular weight is 772 g/mol. The van der Waals surface area contributed by atoms with Gasteiger partial charge >= 0.3 is 0 Å². The van der Waals surface area contributed by atoms with Crippen molar-refractivity contribution in [1.29, 1.82) is 0 Å². The summed E-state index contributed by atoms with van der Waals surface area (Å²) in [4.78, 5) is 18.7. The van der Waals surface area contributed by atoms with Crippen LogP contribution in [-0.4, -0.2) is 74.6 Å². The van der Waals surface area contributed by atoms with Crippen LogP contribution in [-0.2, 0) is 4.84 Å². The lowest BCUT2D eigenvalue weighted by atomic mass is 9.99. The number of amides is 1. The normalized spacial score (nSPS) is 15.6. The molecule has 0 bridgehead atoms. The fraction of sp³-hybridized carbons (Fsp3) is 0.381. The van der Waals surface area contributed by atoms with Gasteiger partial charge in [-0.15, -0.1) is 0 Å².